The van der Waals surface area contributed by atoms with Crippen LogP contribution in [-0.2, 0) is 22.5 Å². The molecule has 7 nitrogen and oxygen atoms in total. The number of piperazine rings is 1. The number of hydrogen-bond donors (Lipinski definition) is 2. The first-order valence-electron chi connectivity index (χ1n) is 12.1. The molecular weight excluding hydrogens is 428 g/mol. The number of esters is 1. The van der Waals surface area contributed by atoms with Crippen LogP contribution in [0.4, 0.5) is 4.79 Å². The second kappa shape index (κ2) is 11.3. The molecule has 7 heteroatoms. The van der Waals surface area contributed by atoms with Crippen LogP contribution in [0.15, 0.2) is 65.9 Å². The van der Waals surface area contributed by atoms with Crippen molar-refractivity contribution in [3.63, 3.8) is 0 Å². The Morgan fingerprint density at radius 2 is 1.56 bits per heavy atom. The van der Waals surface area contributed by atoms with Gasteiger partial charge in [0.25, 0.3) is 0 Å². The molecule has 1 atom stereocenters. The number of benzene rings is 2. The van der Waals surface area contributed by atoms with Gasteiger partial charge in [0.1, 0.15) is 0 Å². The summed E-state index contributed by atoms with van der Waals surface area (Å²) >= 11 is 0. The maximum atomic E-state index is 13.0. The average Bonchev–Trinajstić information content (AvgIpc) is 2.86. The summed E-state index contributed by atoms with van der Waals surface area (Å²) in [6.07, 6.45) is 0.931. The van der Waals surface area contributed by atoms with Gasteiger partial charge in [0.15, 0.2) is 0 Å². The summed E-state index contributed by atoms with van der Waals surface area (Å²) < 4.78 is 5.40. The molecule has 180 valence electrons. The van der Waals surface area contributed by atoms with Crippen molar-refractivity contribution in [1.82, 2.24) is 20.4 Å². The highest BCUT2D eigenvalue weighted by Gasteiger charge is 2.34. The van der Waals surface area contributed by atoms with Gasteiger partial charge >= 0.3 is 12.0 Å². The number of nitrogens with zero attached hydrogens (tertiary/aromatic N) is 2. The van der Waals surface area contributed by atoms with Crippen molar-refractivity contribution in [3.05, 3.63) is 82.6 Å². The predicted octanol–water partition coefficient (Wildman–Crippen LogP) is 3.24. The molecule has 0 radical (unpaired) electrons. The molecule has 34 heavy (non-hydrogen) atoms. The summed E-state index contributed by atoms with van der Waals surface area (Å²) in [7, 11) is 0. The van der Waals surface area contributed by atoms with Crippen molar-refractivity contribution < 1.29 is 14.3 Å². The molecule has 2 aliphatic rings. The smallest absolute Gasteiger partial charge is 0.338 e. The summed E-state index contributed by atoms with van der Waals surface area (Å²) in [5, 5.41) is 5.83. The average molecular weight is 463 g/mol. The molecule has 2 aromatic carbocycles. The Morgan fingerprint density at radius 1 is 0.912 bits per heavy atom. The fourth-order valence-corrected chi connectivity index (χ4v) is 4.56. The quantitative estimate of drug-likeness (QED) is 0.590. The monoisotopic (exact) mass is 462 g/mol. The van der Waals surface area contributed by atoms with Crippen molar-refractivity contribution in [2.75, 3.05) is 39.3 Å². The van der Waals surface area contributed by atoms with Crippen molar-refractivity contribution in [1.29, 1.82) is 0 Å². The first-order chi connectivity index (χ1) is 16.6. The van der Waals surface area contributed by atoms with Gasteiger partial charge in [0.05, 0.1) is 18.2 Å². The fraction of sp³-hybridized carbons (Fsp3) is 0.407. The van der Waals surface area contributed by atoms with Crippen LogP contribution in [0.2, 0.25) is 0 Å². The van der Waals surface area contributed by atoms with Crippen molar-refractivity contribution in [2.24, 2.45) is 0 Å². The number of nitrogens with one attached hydrogen (secondary N) is 2. The summed E-state index contributed by atoms with van der Waals surface area (Å²) in [4.78, 5) is 30.3. The molecule has 0 bridgehead atoms. The number of amides is 2. The van der Waals surface area contributed by atoms with Crippen LogP contribution in [-0.4, -0.2) is 61.1 Å². The van der Waals surface area contributed by atoms with Crippen LogP contribution < -0.4 is 10.6 Å². The van der Waals surface area contributed by atoms with E-state index < -0.39 is 12.0 Å². The van der Waals surface area contributed by atoms with E-state index in [0.29, 0.717) is 17.8 Å². The molecule has 2 aliphatic heterocycles. The van der Waals surface area contributed by atoms with Gasteiger partial charge in [-0.3, -0.25) is 9.80 Å². The van der Waals surface area contributed by atoms with Gasteiger partial charge < -0.3 is 15.4 Å². The highest BCUT2D eigenvalue weighted by molar-refractivity contribution is 5.95. The van der Waals surface area contributed by atoms with E-state index in [1.54, 1.807) is 6.92 Å². The van der Waals surface area contributed by atoms with Crippen molar-refractivity contribution >= 4 is 12.0 Å². The van der Waals surface area contributed by atoms with Gasteiger partial charge in [0, 0.05) is 45.0 Å². The number of carbonyl (C=O) groups excluding carboxylic acids is 2. The van der Waals surface area contributed by atoms with Gasteiger partial charge in [0.2, 0.25) is 0 Å². The molecule has 0 saturated carbocycles. The molecule has 0 aliphatic carbocycles. The number of ether oxygens (including phenoxy) is 1. The van der Waals surface area contributed by atoms with Crippen LogP contribution in [0.3, 0.4) is 0 Å². The molecule has 2 N–H and O–H groups in total. The van der Waals surface area contributed by atoms with E-state index in [4.69, 9.17) is 4.74 Å². The molecule has 1 saturated heterocycles. The maximum absolute atomic E-state index is 13.0. The molecule has 0 aromatic heterocycles. The van der Waals surface area contributed by atoms with Gasteiger partial charge in [-0.1, -0.05) is 61.5 Å². The fourth-order valence-electron chi connectivity index (χ4n) is 4.56. The number of aryl methyl sites for hydroxylation is 1. The number of carbonyl (C=O) groups is 2. The third-order valence-electron chi connectivity index (χ3n) is 6.47. The van der Waals surface area contributed by atoms with Gasteiger partial charge in [-0.25, -0.2) is 9.59 Å². The lowest BCUT2D eigenvalue weighted by Crippen LogP contribution is -2.51. The van der Waals surface area contributed by atoms with Gasteiger partial charge in [-0.05, 0) is 30.0 Å². The first kappa shape index (κ1) is 24.0. The van der Waals surface area contributed by atoms with E-state index in [9.17, 15) is 9.59 Å². The Hall–Kier alpha value is -3.16. The largest absolute Gasteiger partial charge is 0.463 e. The van der Waals surface area contributed by atoms with E-state index in [-0.39, 0.29) is 12.6 Å². The second-order valence-electron chi connectivity index (χ2n) is 8.78. The summed E-state index contributed by atoms with van der Waals surface area (Å²) in [5.41, 5.74) is 4.51. The summed E-state index contributed by atoms with van der Waals surface area (Å²) in [6.45, 7) is 9.22. The van der Waals surface area contributed by atoms with E-state index in [2.05, 4.69) is 51.6 Å². The number of urea groups is 1. The molecular formula is C27H34N4O3. The molecule has 2 aromatic rings. The highest BCUT2D eigenvalue weighted by Crippen LogP contribution is 2.28. The number of rotatable bonds is 8. The predicted molar refractivity (Wildman–Crippen MR) is 132 cm³/mol. The molecule has 0 unspecified atom stereocenters. The van der Waals surface area contributed by atoms with E-state index in [1.165, 1.54) is 11.1 Å². The maximum Gasteiger partial charge on any atom is 0.338 e. The third-order valence-corrected chi connectivity index (χ3v) is 6.47. The summed E-state index contributed by atoms with van der Waals surface area (Å²) in [5.74, 6) is -0.391. The standard InChI is InChI=1S/C27H34N4O3/c1-3-20-10-12-22(13-11-20)25-24(26(32)34-4-2)23(28-27(33)29-25)19-31-16-14-30(15-17-31)18-21-8-6-5-7-9-21/h5-13,25H,3-4,14-19H2,1-2H3,(H2,28,29,33)/t25-/m0/s1. The lowest BCUT2D eigenvalue weighted by molar-refractivity contribution is -0.139. The van der Waals surface area contributed by atoms with E-state index in [1.807, 2.05) is 30.3 Å². The zero-order valence-corrected chi connectivity index (χ0v) is 20.0. The molecule has 1 fully saturated rings. The Morgan fingerprint density at radius 3 is 2.18 bits per heavy atom. The lowest BCUT2D eigenvalue weighted by Gasteiger charge is -2.37. The normalized spacial score (nSPS) is 19.5. The van der Waals surface area contributed by atoms with Crippen LogP contribution in [0, 0.1) is 0 Å². The topological polar surface area (TPSA) is 73.9 Å². The van der Waals surface area contributed by atoms with Crippen molar-refractivity contribution in [3.8, 4) is 0 Å². The molecule has 2 heterocycles. The Bertz CT molecular complexity index is 1010. The molecule has 0 spiro atoms. The Balaban J connectivity index is 1.51. The van der Waals surface area contributed by atoms with Crippen LogP contribution in [0.5, 0.6) is 0 Å². The lowest BCUT2D eigenvalue weighted by atomic mass is 9.94. The van der Waals surface area contributed by atoms with E-state index >= 15 is 0 Å². The van der Waals surface area contributed by atoms with Gasteiger partial charge in [-0.15, -0.1) is 0 Å². The highest BCUT2D eigenvalue weighted by atomic mass is 16.5. The second-order valence-corrected chi connectivity index (χ2v) is 8.78. The third kappa shape index (κ3) is 5.85. The Kier molecular flexibility index (Phi) is 7.98. The molecule has 4 rings (SSSR count). The minimum atomic E-state index is -0.534. The first-order valence-corrected chi connectivity index (χ1v) is 12.1. The number of hydrogen-bond acceptors (Lipinski definition) is 5. The zero-order valence-electron chi connectivity index (χ0n) is 20.0. The Labute approximate surface area is 201 Å². The molecule has 2 amide bonds. The zero-order chi connectivity index (χ0) is 23.9. The van der Waals surface area contributed by atoms with Crippen molar-refractivity contribution in [2.45, 2.75) is 32.9 Å². The summed E-state index contributed by atoms with van der Waals surface area (Å²) in [6, 6.07) is 17.7. The van der Waals surface area contributed by atoms with Gasteiger partial charge in [-0.2, -0.15) is 0 Å². The minimum absolute atomic E-state index is 0.281. The minimum Gasteiger partial charge on any atom is -0.463 e. The van der Waals surface area contributed by atoms with Crippen LogP contribution in [0.1, 0.15) is 36.6 Å². The SMILES string of the molecule is CCOC(=O)C1=C(CN2CCN(Cc3ccccc3)CC2)NC(=O)N[C@H]1c1ccc(CC)cc1. The van der Waals surface area contributed by atoms with Crippen LogP contribution in [0.25, 0.3) is 0 Å². The van der Waals surface area contributed by atoms with Crippen LogP contribution >= 0.6 is 0 Å². The van der Waals surface area contributed by atoms with E-state index in [0.717, 1.165) is 44.7 Å².